The van der Waals surface area contributed by atoms with Crippen LogP contribution in [0.2, 0.25) is 0 Å². The van der Waals surface area contributed by atoms with Gasteiger partial charge in [-0.1, -0.05) is 32.6 Å². The minimum Gasteiger partial charge on any atom is -0.394 e. The van der Waals surface area contributed by atoms with Crippen molar-refractivity contribution in [3.63, 3.8) is 0 Å². The average Bonchev–Trinajstić information content (AvgIpc) is 2.66. The lowest BCUT2D eigenvalue weighted by molar-refractivity contribution is 0.0918. The predicted molar refractivity (Wildman–Crippen MR) is 84.1 cm³/mol. The molecule has 0 spiro atoms. The van der Waals surface area contributed by atoms with E-state index < -0.39 is 6.10 Å². The normalized spacial score (nSPS) is 21.2. The van der Waals surface area contributed by atoms with Crippen LogP contribution in [0.4, 0.5) is 4.79 Å². The number of carbonyl (C=O) groups excluding carboxylic acids is 1. The van der Waals surface area contributed by atoms with Crippen LogP contribution in [0.3, 0.4) is 0 Å². The van der Waals surface area contributed by atoms with E-state index in [4.69, 9.17) is 0 Å². The second kappa shape index (κ2) is 8.59. The second-order valence-electron chi connectivity index (χ2n) is 6.92. The van der Waals surface area contributed by atoms with E-state index in [1.807, 2.05) is 0 Å². The molecule has 0 saturated heterocycles. The first-order valence-corrected chi connectivity index (χ1v) is 8.21. The molecule has 0 aromatic carbocycles. The molecule has 3 N–H and O–H groups in total. The molecule has 1 saturated carbocycles. The minimum absolute atomic E-state index is 0.0998. The number of rotatable bonds is 6. The van der Waals surface area contributed by atoms with E-state index in [1.54, 1.807) is 13.8 Å². The summed E-state index contributed by atoms with van der Waals surface area (Å²) in [6.07, 6.45) is 6.75. The van der Waals surface area contributed by atoms with Gasteiger partial charge in [-0.15, -0.1) is 0 Å². The summed E-state index contributed by atoms with van der Waals surface area (Å²) in [6.45, 7) is 6.49. The topological polar surface area (TPSA) is 72.8 Å². The van der Waals surface area contributed by atoms with Crippen molar-refractivity contribution >= 4 is 6.03 Å². The smallest absolute Gasteiger partial charge is 0.317 e. The number of urea groups is 1. The summed E-state index contributed by atoms with van der Waals surface area (Å²) >= 11 is 0. The fourth-order valence-electron chi connectivity index (χ4n) is 3.00. The number of nitrogens with one attached hydrogen (secondary N) is 1. The lowest BCUT2D eigenvalue weighted by atomic mass is 9.82. The Labute approximate surface area is 128 Å². The third-order valence-corrected chi connectivity index (χ3v) is 4.50. The Bertz CT molecular complexity index is 313. The van der Waals surface area contributed by atoms with Crippen molar-refractivity contribution in [1.82, 2.24) is 10.2 Å². The predicted octanol–water partition coefficient (Wildman–Crippen LogP) is 2.12. The van der Waals surface area contributed by atoms with E-state index in [1.165, 1.54) is 30.6 Å². The van der Waals surface area contributed by atoms with Crippen LogP contribution in [-0.2, 0) is 0 Å². The van der Waals surface area contributed by atoms with Crippen molar-refractivity contribution < 1.29 is 15.0 Å². The Morgan fingerprint density at radius 1 is 1.24 bits per heavy atom. The lowest BCUT2D eigenvalue weighted by Gasteiger charge is -2.33. The Morgan fingerprint density at radius 2 is 1.81 bits per heavy atom. The van der Waals surface area contributed by atoms with E-state index >= 15 is 0 Å². The van der Waals surface area contributed by atoms with Crippen LogP contribution in [0.5, 0.6) is 0 Å². The lowest BCUT2D eigenvalue weighted by Crippen LogP contribution is -2.51. The van der Waals surface area contributed by atoms with Gasteiger partial charge in [0.1, 0.15) is 0 Å². The van der Waals surface area contributed by atoms with Gasteiger partial charge in [0.05, 0.1) is 18.8 Å². The van der Waals surface area contributed by atoms with E-state index in [0.29, 0.717) is 6.54 Å². The fourth-order valence-corrected chi connectivity index (χ4v) is 3.00. The van der Waals surface area contributed by atoms with Crippen molar-refractivity contribution in [2.45, 2.75) is 71.4 Å². The largest absolute Gasteiger partial charge is 0.394 e. The molecule has 2 amide bonds. The highest BCUT2D eigenvalue weighted by Crippen LogP contribution is 2.33. The zero-order chi connectivity index (χ0) is 15.9. The van der Waals surface area contributed by atoms with Crippen LogP contribution in [-0.4, -0.2) is 53.0 Å². The zero-order valence-electron chi connectivity index (χ0n) is 13.8. The van der Waals surface area contributed by atoms with E-state index in [2.05, 4.69) is 12.2 Å². The fraction of sp³-hybridized carbons (Fsp3) is 0.938. The standard InChI is InChI=1S/C16H32N2O3/c1-13(11-19)18(10-14(2)20)15(21)17-12-16(3)8-6-4-5-7-9-16/h13-14,19-20H,4-12H2,1-3H3,(H,17,21)/t13-,14-/m0/s1. The second-order valence-corrected chi connectivity index (χ2v) is 6.92. The molecule has 21 heavy (non-hydrogen) atoms. The molecule has 1 aliphatic carbocycles. The molecule has 0 bridgehead atoms. The molecule has 124 valence electrons. The Hall–Kier alpha value is -0.810. The highest BCUT2D eigenvalue weighted by molar-refractivity contribution is 5.74. The average molecular weight is 300 g/mol. The molecule has 1 fully saturated rings. The molecular formula is C16H32N2O3. The number of carbonyl (C=O) groups is 1. The molecule has 2 atom stereocenters. The summed E-state index contributed by atoms with van der Waals surface area (Å²) < 4.78 is 0. The van der Waals surface area contributed by atoms with Crippen molar-refractivity contribution in [2.24, 2.45) is 5.41 Å². The quantitative estimate of drug-likeness (QED) is 0.658. The Kier molecular flexibility index (Phi) is 7.46. The van der Waals surface area contributed by atoms with E-state index in [-0.39, 0.29) is 30.6 Å². The summed E-state index contributed by atoms with van der Waals surface area (Å²) in [4.78, 5) is 13.9. The number of hydrogen-bond donors (Lipinski definition) is 3. The van der Waals surface area contributed by atoms with Gasteiger partial charge >= 0.3 is 6.03 Å². The van der Waals surface area contributed by atoms with Gasteiger partial charge in [0.15, 0.2) is 0 Å². The SMILES string of the molecule is C[C@H](O)CN(C(=O)NCC1(C)CCCCCC1)[C@@H](C)CO. The molecule has 5 nitrogen and oxygen atoms in total. The van der Waals surface area contributed by atoms with Gasteiger partial charge in [-0.05, 0) is 32.1 Å². The summed E-state index contributed by atoms with van der Waals surface area (Å²) in [5, 5.41) is 21.8. The van der Waals surface area contributed by atoms with Crippen LogP contribution in [0.25, 0.3) is 0 Å². The first-order chi connectivity index (χ1) is 9.88. The summed E-state index contributed by atoms with van der Waals surface area (Å²) in [7, 11) is 0. The van der Waals surface area contributed by atoms with Crippen molar-refractivity contribution in [3.8, 4) is 0 Å². The monoisotopic (exact) mass is 300 g/mol. The van der Waals surface area contributed by atoms with E-state index in [0.717, 1.165) is 12.8 Å². The van der Waals surface area contributed by atoms with Gasteiger partial charge in [-0.25, -0.2) is 4.79 Å². The number of hydrogen-bond acceptors (Lipinski definition) is 3. The van der Waals surface area contributed by atoms with Gasteiger partial charge in [-0.3, -0.25) is 0 Å². The molecule has 1 aliphatic rings. The van der Waals surface area contributed by atoms with Gasteiger partial charge < -0.3 is 20.4 Å². The first kappa shape index (κ1) is 18.2. The van der Waals surface area contributed by atoms with E-state index in [9.17, 15) is 15.0 Å². The van der Waals surface area contributed by atoms with Gasteiger partial charge in [0.25, 0.3) is 0 Å². The molecule has 0 aromatic heterocycles. The molecule has 0 radical (unpaired) electrons. The molecular weight excluding hydrogens is 268 g/mol. The van der Waals surface area contributed by atoms with Crippen LogP contribution >= 0.6 is 0 Å². The Balaban J connectivity index is 2.55. The highest BCUT2D eigenvalue weighted by Gasteiger charge is 2.28. The maximum absolute atomic E-state index is 12.3. The number of aliphatic hydroxyl groups excluding tert-OH is 2. The van der Waals surface area contributed by atoms with Gasteiger partial charge in [0.2, 0.25) is 0 Å². The van der Waals surface area contributed by atoms with Crippen LogP contribution in [0, 0.1) is 5.41 Å². The van der Waals surface area contributed by atoms with Crippen LogP contribution < -0.4 is 5.32 Å². The first-order valence-electron chi connectivity index (χ1n) is 8.21. The van der Waals surface area contributed by atoms with Gasteiger partial charge in [-0.2, -0.15) is 0 Å². The Morgan fingerprint density at radius 3 is 2.29 bits per heavy atom. The minimum atomic E-state index is -0.599. The molecule has 0 aromatic rings. The zero-order valence-corrected chi connectivity index (χ0v) is 13.8. The number of aliphatic hydroxyl groups is 2. The third kappa shape index (κ3) is 6.22. The summed E-state index contributed by atoms with van der Waals surface area (Å²) in [5.41, 5.74) is 0.172. The maximum Gasteiger partial charge on any atom is 0.317 e. The summed E-state index contributed by atoms with van der Waals surface area (Å²) in [6, 6.07) is -0.482. The molecule has 1 rings (SSSR count). The molecule has 0 heterocycles. The summed E-state index contributed by atoms with van der Waals surface area (Å²) in [5.74, 6) is 0. The van der Waals surface area contributed by atoms with Crippen molar-refractivity contribution in [2.75, 3.05) is 19.7 Å². The number of amides is 2. The van der Waals surface area contributed by atoms with Crippen molar-refractivity contribution in [1.29, 1.82) is 0 Å². The van der Waals surface area contributed by atoms with Crippen LogP contribution in [0.15, 0.2) is 0 Å². The third-order valence-electron chi connectivity index (χ3n) is 4.50. The highest BCUT2D eigenvalue weighted by atomic mass is 16.3. The molecule has 0 unspecified atom stereocenters. The maximum atomic E-state index is 12.3. The van der Waals surface area contributed by atoms with Crippen molar-refractivity contribution in [3.05, 3.63) is 0 Å². The van der Waals surface area contributed by atoms with Gasteiger partial charge in [0, 0.05) is 13.1 Å². The van der Waals surface area contributed by atoms with Crippen LogP contribution in [0.1, 0.15) is 59.3 Å². The molecule has 0 aliphatic heterocycles. The number of nitrogens with zero attached hydrogens (tertiary/aromatic N) is 1. The molecule has 5 heteroatoms.